The largest absolute Gasteiger partial charge is 0.382 e. The van der Waals surface area contributed by atoms with Gasteiger partial charge in [0.05, 0.1) is 0 Å². The number of likely N-dealkylation sites (N-methyl/N-ethyl adjacent to an activating group) is 1. The van der Waals surface area contributed by atoms with Gasteiger partial charge < -0.3 is 20.9 Å². The van der Waals surface area contributed by atoms with Gasteiger partial charge in [0.15, 0.2) is 11.5 Å². The molecular weight excluding hydrogens is 332 g/mol. The molecule has 1 aromatic heterocycles. The van der Waals surface area contributed by atoms with Gasteiger partial charge in [-0.1, -0.05) is 6.07 Å². The quantitative estimate of drug-likeness (QED) is 0.801. The minimum absolute atomic E-state index is 0.0843. The van der Waals surface area contributed by atoms with Crippen LogP contribution >= 0.6 is 0 Å². The van der Waals surface area contributed by atoms with Crippen LogP contribution in [0.25, 0.3) is 0 Å². The van der Waals surface area contributed by atoms with E-state index in [1.54, 1.807) is 13.1 Å². The number of hydrogen-bond donors (Lipinski definition) is 2. The predicted octanol–water partition coefficient (Wildman–Crippen LogP) is 1.02. The molecule has 8 nitrogen and oxygen atoms in total. The van der Waals surface area contributed by atoms with Crippen LogP contribution in [0.4, 0.5) is 11.5 Å². The molecule has 1 unspecified atom stereocenters. The zero-order chi connectivity index (χ0) is 19.3. The summed E-state index contributed by atoms with van der Waals surface area (Å²) in [5.41, 5.74) is 7.31. The number of hydrogen-bond acceptors (Lipinski definition) is 6. The van der Waals surface area contributed by atoms with Crippen molar-refractivity contribution in [2.45, 2.75) is 13.0 Å². The number of carbonyl (C=O) groups is 2. The average Bonchev–Trinajstić information content (AvgIpc) is 2.65. The number of nitrogens with one attached hydrogen (secondary N) is 1. The van der Waals surface area contributed by atoms with Crippen molar-refractivity contribution in [3.8, 4) is 0 Å². The first-order valence-corrected chi connectivity index (χ1v) is 8.20. The van der Waals surface area contributed by atoms with Crippen molar-refractivity contribution < 1.29 is 9.59 Å². The van der Waals surface area contributed by atoms with Crippen molar-refractivity contribution in [2.75, 3.05) is 38.3 Å². The second kappa shape index (κ2) is 8.28. The number of nitrogen functional groups attached to an aromatic ring is 1. The van der Waals surface area contributed by atoms with Gasteiger partial charge in [-0.25, -0.2) is 9.97 Å². The normalized spacial score (nSPS) is 11.5. The van der Waals surface area contributed by atoms with E-state index in [2.05, 4.69) is 15.3 Å². The smallest absolute Gasteiger partial charge is 0.276 e. The number of nitrogens with zero attached hydrogens (tertiary/aromatic N) is 4. The first-order valence-electron chi connectivity index (χ1n) is 8.20. The first-order chi connectivity index (χ1) is 12.3. The minimum Gasteiger partial charge on any atom is -0.382 e. The maximum absolute atomic E-state index is 12.5. The third-order valence-corrected chi connectivity index (χ3v) is 4.09. The van der Waals surface area contributed by atoms with E-state index in [9.17, 15) is 9.59 Å². The summed E-state index contributed by atoms with van der Waals surface area (Å²) in [6.07, 6.45) is 2.85. The molecule has 138 valence electrons. The number of carbonyl (C=O) groups excluding carboxylic acids is 2. The highest BCUT2D eigenvalue weighted by molar-refractivity contribution is 5.97. The summed E-state index contributed by atoms with van der Waals surface area (Å²) in [4.78, 5) is 36.1. The number of anilines is 2. The van der Waals surface area contributed by atoms with E-state index < -0.39 is 0 Å². The van der Waals surface area contributed by atoms with Gasteiger partial charge in [0.25, 0.3) is 11.8 Å². The van der Waals surface area contributed by atoms with Crippen LogP contribution in [-0.4, -0.2) is 60.4 Å². The van der Waals surface area contributed by atoms with Crippen LogP contribution in [0.2, 0.25) is 0 Å². The maximum atomic E-state index is 12.5. The number of aromatic nitrogens is 2. The molecule has 0 aliphatic heterocycles. The molecule has 2 aromatic rings. The second-order valence-corrected chi connectivity index (χ2v) is 6.21. The standard InChI is InChI=1S/C18H24N6O2/c1-12(24(4)18(26)15-16(19)21-9-8-20-15)11-22-17(25)13-6-5-7-14(10-13)23(2)3/h5-10,12H,11H2,1-4H3,(H2,19,21)(H,22,25). The first kappa shape index (κ1) is 19.2. The molecule has 0 saturated carbocycles. The fourth-order valence-electron chi connectivity index (χ4n) is 2.29. The molecule has 2 rings (SSSR count). The number of nitrogens with two attached hydrogens (primary N) is 1. The Labute approximate surface area is 153 Å². The lowest BCUT2D eigenvalue weighted by Crippen LogP contribution is -2.43. The molecule has 0 aliphatic rings. The van der Waals surface area contributed by atoms with Crippen LogP contribution in [0.15, 0.2) is 36.7 Å². The number of benzene rings is 1. The maximum Gasteiger partial charge on any atom is 0.276 e. The van der Waals surface area contributed by atoms with Crippen LogP contribution in [0.3, 0.4) is 0 Å². The summed E-state index contributed by atoms with van der Waals surface area (Å²) in [6.45, 7) is 2.13. The molecule has 0 saturated heterocycles. The van der Waals surface area contributed by atoms with E-state index in [-0.39, 0.29) is 29.4 Å². The van der Waals surface area contributed by atoms with E-state index in [1.165, 1.54) is 17.3 Å². The summed E-state index contributed by atoms with van der Waals surface area (Å²) < 4.78 is 0. The molecule has 0 spiro atoms. The van der Waals surface area contributed by atoms with Crippen LogP contribution in [0, 0.1) is 0 Å². The van der Waals surface area contributed by atoms with E-state index in [1.807, 2.05) is 44.1 Å². The lowest BCUT2D eigenvalue weighted by molar-refractivity contribution is 0.0726. The second-order valence-electron chi connectivity index (χ2n) is 6.21. The van der Waals surface area contributed by atoms with Gasteiger partial charge in [-0.15, -0.1) is 0 Å². The Balaban J connectivity index is 1.98. The van der Waals surface area contributed by atoms with Gasteiger partial charge in [-0.2, -0.15) is 0 Å². The zero-order valence-electron chi connectivity index (χ0n) is 15.4. The molecule has 8 heteroatoms. The van der Waals surface area contributed by atoms with Crippen LogP contribution in [0.5, 0.6) is 0 Å². The molecule has 3 N–H and O–H groups in total. The Morgan fingerprint density at radius 1 is 1.19 bits per heavy atom. The zero-order valence-corrected chi connectivity index (χ0v) is 15.4. The molecule has 26 heavy (non-hydrogen) atoms. The van der Waals surface area contributed by atoms with Crippen molar-refractivity contribution >= 4 is 23.3 Å². The topological polar surface area (TPSA) is 104 Å². The van der Waals surface area contributed by atoms with Gasteiger partial charge in [0.1, 0.15) is 0 Å². The average molecular weight is 356 g/mol. The number of amides is 2. The predicted molar refractivity (Wildman–Crippen MR) is 101 cm³/mol. The summed E-state index contributed by atoms with van der Waals surface area (Å²) in [7, 11) is 5.47. The highest BCUT2D eigenvalue weighted by Crippen LogP contribution is 2.13. The summed E-state index contributed by atoms with van der Waals surface area (Å²) in [5, 5.41) is 2.85. The third kappa shape index (κ3) is 4.47. The summed E-state index contributed by atoms with van der Waals surface area (Å²) in [6, 6.07) is 7.08. The van der Waals surface area contributed by atoms with Crippen molar-refractivity contribution in [3.05, 3.63) is 47.9 Å². The number of rotatable bonds is 6. The molecule has 0 bridgehead atoms. The Morgan fingerprint density at radius 2 is 1.88 bits per heavy atom. The van der Waals surface area contributed by atoms with Crippen LogP contribution in [-0.2, 0) is 0 Å². The lowest BCUT2D eigenvalue weighted by Gasteiger charge is -2.25. The monoisotopic (exact) mass is 356 g/mol. The molecule has 0 aliphatic carbocycles. The van der Waals surface area contributed by atoms with E-state index >= 15 is 0 Å². The molecule has 1 aromatic carbocycles. The van der Waals surface area contributed by atoms with E-state index in [4.69, 9.17) is 5.73 Å². The van der Waals surface area contributed by atoms with Crippen molar-refractivity contribution in [2.24, 2.45) is 0 Å². The Bertz CT molecular complexity index is 793. The van der Waals surface area contributed by atoms with Gasteiger partial charge >= 0.3 is 0 Å². The fraction of sp³-hybridized carbons (Fsp3) is 0.333. The van der Waals surface area contributed by atoms with Gasteiger partial charge in [-0.05, 0) is 25.1 Å². The third-order valence-electron chi connectivity index (χ3n) is 4.09. The molecule has 0 radical (unpaired) electrons. The summed E-state index contributed by atoms with van der Waals surface area (Å²) in [5.74, 6) is -0.451. The molecular formula is C18H24N6O2. The van der Waals surface area contributed by atoms with Gasteiger partial charge in [0, 0.05) is 57.4 Å². The van der Waals surface area contributed by atoms with Gasteiger partial charge in [0.2, 0.25) is 0 Å². The Morgan fingerprint density at radius 3 is 2.54 bits per heavy atom. The molecule has 0 fully saturated rings. The van der Waals surface area contributed by atoms with Crippen molar-refractivity contribution in [1.82, 2.24) is 20.2 Å². The SMILES string of the molecule is CC(CNC(=O)c1cccc(N(C)C)c1)N(C)C(=O)c1nccnc1N. The molecule has 1 atom stereocenters. The summed E-state index contributed by atoms with van der Waals surface area (Å²) >= 11 is 0. The fourth-order valence-corrected chi connectivity index (χ4v) is 2.29. The molecule has 1 heterocycles. The Kier molecular flexibility index (Phi) is 6.11. The van der Waals surface area contributed by atoms with E-state index in [0.29, 0.717) is 12.1 Å². The van der Waals surface area contributed by atoms with Crippen molar-refractivity contribution in [3.63, 3.8) is 0 Å². The van der Waals surface area contributed by atoms with Crippen molar-refractivity contribution in [1.29, 1.82) is 0 Å². The van der Waals surface area contributed by atoms with Gasteiger partial charge in [-0.3, -0.25) is 9.59 Å². The highest BCUT2D eigenvalue weighted by Gasteiger charge is 2.21. The highest BCUT2D eigenvalue weighted by atomic mass is 16.2. The van der Waals surface area contributed by atoms with E-state index in [0.717, 1.165) is 5.69 Å². The van der Waals surface area contributed by atoms with Crippen LogP contribution in [0.1, 0.15) is 27.8 Å². The Hall–Kier alpha value is -3.16. The minimum atomic E-state index is -0.341. The molecule has 2 amide bonds. The van der Waals surface area contributed by atoms with Crippen LogP contribution < -0.4 is 16.0 Å². The lowest BCUT2D eigenvalue weighted by atomic mass is 10.1.